The zero-order valence-electron chi connectivity index (χ0n) is 13.4. The van der Waals surface area contributed by atoms with E-state index in [1.54, 1.807) is 36.4 Å². The number of ether oxygens (including phenoxy) is 1. The van der Waals surface area contributed by atoms with Gasteiger partial charge < -0.3 is 4.74 Å². The molecule has 1 aromatic heterocycles. The molecule has 0 aliphatic heterocycles. The van der Waals surface area contributed by atoms with E-state index < -0.39 is 5.97 Å². The van der Waals surface area contributed by atoms with Crippen LogP contribution in [0.15, 0.2) is 48.5 Å². The third-order valence-electron chi connectivity index (χ3n) is 3.72. The van der Waals surface area contributed by atoms with Crippen LogP contribution in [0.25, 0.3) is 22.4 Å². The number of pyridine rings is 1. The zero-order valence-corrected chi connectivity index (χ0v) is 15.7. The minimum Gasteiger partial charge on any atom is -0.465 e. The van der Waals surface area contributed by atoms with Gasteiger partial charge in [-0.2, -0.15) is 0 Å². The molecule has 0 N–H and O–H groups in total. The van der Waals surface area contributed by atoms with Crippen molar-refractivity contribution in [3.8, 4) is 22.4 Å². The molecule has 0 saturated heterocycles. The van der Waals surface area contributed by atoms with Crippen LogP contribution < -0.4 is 0 Å². The molecular weight excluding hydrogens is 400 g/mol. The highest BCUT2D eigenvalue weighted by molar-refractivity contribution is 6.36. The molecule has 3 rings (SSSR count). The Morgan fingerprint density at radius 2 is 1.69 bits per heavy atom. The Morgan fingerprint density at radius 1 is 1.00 bits per heavy atom. The van der Waals surface area contributed by atoms with E-state index in [1.807, 2.05) is 0 Å². The Morgan fingerprint density at radius 3 is 2.31 bits per heavy atom. The lowest BCUT2D eigenvalue weighted by molar-refractivity contribution is 0.0600. The minimum atomic E-state index is -0.625. The number of halogens is 4. The average Bonchev–Trinajstić information content (AvgIpc) is 2.62. The highest BCUT2D eigenvalue weighted by Gasteiger charge is 2.20. The van der Waals surface area contributed by atoms with Gasteiger partial charge in [0.25, 0.3) is 0 Å². The van der Waals surface area contributed by atoms with Crippen LogP contribution in [0.3, 0.4) is 0 Å². The van der Waals surface area contributed by atoms with Crippen molar-refractivity contribution >= 4 is 40.8 Å². The van der Waals surface area contributed by atoms with Crippen LogP contribution >= 0.6 is 34.8 Å². The van der Waals surface area contributed by atoms with Crippen molar-refractivity contribution in [3.05, 3.63) is 75.1 Å². The van der Waals surface area contributed by atoms with Crippen molar-refractivity contribution in [2.45, 2.75) is 0 Å². The standard InChI is InChI=1S/C19H11Cl3FNO2/c1-26-19(25)15-9-14(10-2-5-12(23)6-3-10)17(24-18(15)22)13-7-4-11(20)8-16(13)21/h2-9H,1H3. The van der Waals surface area contributed by atoms with E-state index in [2.05, 4.69) is 4.98 Å². The van der Waals surface area contributed by atoms with Crippen LogP contribution in [0.2, 0.25) is 15.2 Å². The SMILES string of the molecule is COC(=O)c1cc(-c2ccc(F)cc2)c(-c2ccc(Cl)cc2Cl)nc1Cl. The zero-order chi connectivity index (χ0) is 18.8. The van der Waals surface area contributed by atoms with E-state index in [0.29, 0.717) is 32.4 Å². The van der Waals surface area contributed by atoms with E-state index >= 15 is 0 Å². The molecular formula is C19H11Cl3FNO2. The summed E-state index contributed by atoms with van der Waals surface area (Å²) in [4.78, 5) is 16.3. The summed E-state index contributed by atoms with van der Waals surface area (Å²) in [5.74, 6) is -1.01. The molecule has 0 amide bonds. The summed E-state index contributed by atoms with van der Waals surface area (Å²) in [5, 5.41) is 0.818. The van der Waals surface area contributed by atoms with Crippen LogP contribution in [-0.2, 0) is 4.74 Å². The molecule has 0 saturated carbocycles. The summed E-state index contributed by atoms with van der Waals surface area (Å²) in [6.07, 6.45) is 0. The van der Waals surface area contributed by atoms with Gasteiger partial charge in [0.05, 0.1) is 23.4 Å². The average molecular weight is 411 g/mol. The predicted octanol–water partition coefficient (Wildman–Crippen LogP) is 6.30. The van der Waals surface area contributed by atoms with Crippen LogP contribution in [0.1, 0.15) is 10.4 Å². The summed E-state index contributed by atoms with van der Waals surface area (Å²) in [6.45, 7) is 0. The molecule has 0 atom stereocenters. The van der Waals surface area contributed by atoms with Crippen LogP contribution in [0.4, 0.5) is 4.39 Å². The first-order valence-electron chi connectivity index (χ1n) is 7.41. The molecule has 26 heavy (non-hydrogen) atoms. The summed E-state index contributed by atoms with van der Waals surface area (Å²) in [6, 6.07) is 12.3. The third kappa shape index (κ3) is 3.68. The Kier molecular flexibility index (Phi) is 5.47. The number of methoxy groups -OCH3 is 1. The molecule has 0 aliphatic rings. The summed E-state index contributed by atoms with van der Waals surface area (Å²) >= 11 is 18.5. The van der Waals surface area contributed by atoms with Gasteiger partial charge in [0.2, 0.25) is 0 Å². The van der Waals surface area contributed by atoms with Crippen LogP contribution in [-0.4, -0.2) is 18.1 Å². The van der Waals surface area contributed by atoms with Gasteiger partial charge in [0.15, 0.2) is 0 Å². The van der Waals surface area contributed by atoms with Crippen LogP contribution in [0.5, 0.6) is 0 Å². The minimum absolute atomic E-state index is 0.0243. The fourth-order valence-electron chi connectivity index (χ4n) is 2.48. The second-order valence-electron chi connectivity index (χ2n) is 5.35. The number of carbonyl (C=O) groups excluding carboxylic acids is 1. The second-order valence-corrected chi connectivity index (χ2v) is 6.55. The van der Waals surface area contributed by atoms with Crippen molar-refractivity contribution in [1.29, 1.82) is 0 Å². The third-order valence-corrected chi connectivity index (χ3v) is 4.56. The van der Waals surface area contributed by atoms with E-state index in [-0.39, 0.29) is 16.5 Å². The Labute approximate surface area is 164 Å². The van der Waals surface area contributed by atoms with Crippen molar-refractivity contribution in [1.82, 2.24) is 4.98 Å². The fourth-order valence-corrected chi connectivity index (χ4v) is 3.19. The molecule has 0 spiro atoms. The van der Waals surface area contributed by atoms with Gasteiger partial charge in [0.1, 0.15) is 11.0 Å². The largest absolute Gasteiger partial charge is 0.465 e. The molecule has 7 heteroatoms. The maximum absolute atomic E-state index is 13.3. The first-order valence-corrected chi connectivity index (χ1v) is 8.54. The maximum atomic E-state index is 13.3. The fraction of sp³-hybridized carbons (Fsp3) is 0.0526. The number of rotatable bonds is 3. The van der Waals surface area contributed by atoms with Gasteiger partial charge >= 0.3 is 5.97 Å². The lowest BCUT2D eigenvalue weighted by Gasteiger charge is -2.14. The first-order chi connectivity index (χ1) is 12.4. The molecule has 1 heterocycles. The van der Waals surface area contributed by atoms with E-state index in [9.17, 15) is 9.18 Å². The first kappa shape index (κ1) is 18.6. The van der Waals surface area contributed by atoms with Gasteiger partial charge in [-0.25, -0.2) is 14.2 Å². The van der Waals surface area contributed by atoms with Gasteiger partial charge in [0, 0.05) is 16.1 Å². The number of esters is 1. The molecule has 0 unspecified atom stereocenters. The van der Waals surface area contributed by atoms with E-state index in [4.69, 9.17) is 39.5 Å². The molecule has 0 fully saturated rings. The summed E-state index contributed by atoms with van der Waals surface area (Å²) in [7, 11) is 1.25. The Balaban J connectivity index is 2.30. The smallest absolute Gasteiger partial charge is 0.341 e. The monoisotopic (exact) mass is 409 g/mol. The van der Waals surface area contributed by atoms with Crippen molar-refractivity contribution in [2.24, 2.45) is 0 Å². The van der Waals surface area contributed by atoms with Gasteiger partial charge in [-0.1, -0.05) is 46.9 Å². The topological polar surface area (TPSA) is 39.2 Å². The van der Waals surface area contributed by atoms with E-state index in [1.165, 1.54) is 19.2 Å². The Bertz CT molecular complexity index is 991. The lowest BCUT2D eigenvalue weighted by atomic mass is 9.97. The number of hydrogen-bond acceptors (Lipinski definition) is 3. The van der Waals surface area contributed by atoms with Crippen molar-refractivity contribution in [2.75, 3.05) is 7.11 Å². The van der Waals surface area contributed by atoms with E-state index in [0.717, 1.165) is 0 Å². The molecule has 0 radical (unpaired) electrons. The Hall–Kier alpha value is -2.14. The van der Waals surface area contributed by atoms with Crippen molar-refractivity contribution in [3.63, 3.8) is 0 Å². The summed E-state index contributed by atoms with van der Waals surface area (Å²) in [5.41, 5.74) is 2.31. The predicted molar refractivity (Wildman–Crippen MR) is 101 cm³/mol. The van der Waals surface area contributed by atoms with Gasteiger partial charge in [-0.05, 0) is 42.0 Å². The summed E-state index contributed by atoms with van der Waals surface area (Å²) < 4.78 is 18.1. The number of carbonyl (C=O) groups is 1. The van der Waals surface area contributed by atoms with Gasteiger partial charge in [-0.15, -0.1) is 0 Å². The highest BCUT2D eigenvalue weighted by atomic mass is 35.5. The second kappa shape index (κ2) is 7.62. The van der Waals surface area contributed by atoms with Gasteiger partial charge in [-0.3, -0.25) is 0 Å². The maximum Gasteiger partial charge on any atom is 0.341 e. The van der Waals surface area contributed by atoms with Crippen LogP contribution in [0, 0.1) is 5.82 Å². The normalized spacial score (nSPS) is 10.7. The molecule has 0 bridgehead atoms. The molecule has 2 aromatic carbocycles. The molecule has 3 nitrogen and oxygen atoms in total. The molecule has 3 aromatic rings. The number of nitrogens with zero attached hydrogens (tertiary/aromatic N) is 1. The molecule has 132 valence electrons. The number of hydrogen-bond donors (Lipinski definition) is 0. The quantitative estimate of drug-likeness (QED) is 0.375. The highest BCUT2D eigenvalue weighted by Crippen LogP contribution is 2.38. The van der Waals surface area contributed by atoms with Crippen molar-refractivity contribution < 1.29 is 13.9 Å². The number of benzene rings is 2. The number of aromatic nitrogens is 1. The lowest BCUT2D eigenvalue weighted by Crippen LogP contribution is -2.05. The molecule has 0 aliphatic carbocycles.